The summed E-state index contributed by atoms with van der Waals surface area (Å²) >= 11 is 5.92. The fourth-order valence-corrected chi connectivity index (χ4v) is 1.78. The van der Waals surface area contributed by atoms with E-state index in [9.17, 15) is 0 Å². The quantitative estimate of drug-likeness (QED) is 0.850. The highest BCUT2D eigenvalue weighted by molar-refractivity contribution is 6.30. The molecule has 1 aromatic rings. The third-order valence-electron chi connectivity index (χ3n) is 2.91. The van der Waals surface area contributed by atoms with Crippen LogP contribution in [0.1, 0.15) is 26.0 Å². The van der Waals surface area contributed by atoms with Crippen LogP contribution in [0.4, 0.5) is 0 Å². The molecule has 4 heteroatoms. The molecule has 0 saturated carbocycles. The highest BCUT2D eigenvalue weighted by atomic mass is 35.5. The summed E-state index contributed by atoms with van der Waals surface area (Å²) in [5, 5.41) is 0.738. The summed E-state index contributed by atoms with van der Waals surface area (Å²) in [6.07, 6.45) is 2.75. The van der Waals surface area contributed by atoms with Crippen LogP contribution < -0.4 is 5.73 Å². The first kappa shape index (κ1) is 14.4. The van der Waals surface area contributed by atoms with Crippen molar-refractivity contribution in [2.45, 2.75) is 32.9 Å². The average Bonchev–Trinajstić information content (AvgIpc) is 2.25. The molecule has 0 radical (unpaired) electrons. The van der Waals surface area contributed by atoms with E-state index in [1.54, 1.807) is 12.3 Å². The van der Waals surface area contributed by atoms with Crippen molar-refractivity contribution < 1.29 is 0 Å². The van der Waals surface area contributed by atoms with Gasteiger partial charge in [-0.25, -0.2) is 0 Å². The van der Waals surface area contributed by atoms with Gasteiger partial charge in [-0.05, 0) is 38.1 Å². The molecule has 0 aliphatic rings. The Bertz CT molecular complexity index is 341. The molecule has 1 atom stereocenters. The summed E-state index contributed by atoms with van der Waals surface area (Å²) in [7, 11) is 2.08. The van der Waals surface area contributed by atoms with Crippen molar-refractivity contribution in [1.29, 1.82) is 0 Å². The molecule has 0 saturated heterocycles. The topological polar surface area (TPSA) is 42.1 Å². The van der Waals surface area contributed by atoms with E-state index in [-0.39, 0.29) is 6.04 Å². The van der Waals surface area contributed by atoms with Crippen LogP contribution in [-0.4, -0.2) is 29.5 Å². The molecule has 1 aromatic heterocycles. The molecule has 0 aromatic carbocycles. The molecule has 1 heterocycles. The minimum absolute atomic E-state index is 0.268. The van der Waals surface area contributed by atoms with Crippen molar-refractivity contribution in [1.82, 2.24) is 9.88 Å². The monoisotopic (exact) mass is 255 g/mol. The number of rotatable bonds is 6. The van der Waals surface area contributed by atoms with Gasteiger partial charge in [-0.3, -0.25) is 4.98 Å². The van der Waals surface area contributed by atoms with Gasteiger partial charge in [0.25, 0.3) is 0 Å². The first-order valence-electron chi connectivity index (χ1n) is 6.03. The number of nitrogens with zero attached hydrogens (tertiary/aromatic N) is 2. The third kappa shape index (κ3) is 5.48. The van der Waals surface area contributed by atoms with Crippen LogP contribution in [0.5, 0.6) is 0 Å². The smallest absolute Gasteiger partial charge is 0.0558 e. The molecule has 0 amide bonds. The fraction of sp³-hybridized carbons (Fsp3) is 0.615. The Balaban J connectivity index is 2.37. The largest absolute Gasteiger partial charge is 0.327 e. The summed E-state index contributed by atoms with van der Waals surface area (Å²) in [6, 6.07) is 3.96. The van der Waals surface area contributed by atoms with Crippen LogP contribution in [0, 0.1) is 5.92 Å². The Labute approximate surface area is 109 Å². The zero-order valence-corrected chi connectivity index (χ0v) is 11.6. The molecular weight excluding hydrogens is 234 g/mol. The van der Waals surface area contributed by atoms with Crippen LogP contribution in [0.3, 0.4) is 0 Å². The van der Waals surface area contributed by atoms with Gasteiger partial charge in [0.05, 0.1) is 5.69 Å². The van der Waals surface area contributed by atoms with E-state index in [4.69, 9.17) is 17.3 Å². The summed E-state index contributed by atoms with van der Waals surface area (Å²) in [5.74, 6) is 0.535. The first-order chi connectivity index (χ1) is 7.99. The standard InChI is InChI=1S/C13H22ClN3/c1-10(2)13(15)5-7-17(3)9-12-8-11(14)4-6-16-12/h4,6,8,10,13H,5,7,9,15H2,1-3H3. The number of pyridine rings is 1. The molecule has 17 heavy (non-hydrogen) atoms. The third-order valence-corrected chi connectivity index (χ3v) is 3.15. The van der Waals surface area contributed by atoms with Crippen molar-refractivity contribution in [3.8, 4) is 0 Å². The molecule has 0 fully saturated rings. The minimum Gasteiger partial charge on any atom is -0.327 e. The summed E-state index contributed by atoms with van der Waals surface area (Å²) in [5.41, 5.74) is 7.02. The van der Waals surface area contributed by atoms with Gasteiger partial charge in [0.1, 0.15) is 0 Å². The molecule has 0 spiro atoms. The highest BCUT2D eigenvalue weighted by Crippen LogP contribution is 2.10. The molecule has 2 N–H and O–H groups in total. The van der Waals surface area contributed by atoms with E-state index in [2.05, 4.69) is 30.8 Å². The molecule has 96 valence electrons. The van der Waals surface area contributed by atoms with Crippen molar-refractivity contribution in [3.05, 3.63) is 29.0 Å². The maximum atomic E-state index is 6.02. The maximum Gasteiger partial charge on any atom is 0.0558 e. The molecule has 3 nitrogen and oxygen atoms in total. The zero-order valence-electron chi connectivity index (χ0n) is 10.9. The Hall–Kier alpha value is -0.640. The molecule has 1 unspecified atom stereocenters. The van der Waals surface area contributed by atoms with E-state index < -0.39 is 0 Å². The normalized spacial score (nSPS) is 13.4. The predicted molar refractivity (Wildman–Crippen MR) is 73.0 cm³/mol. The van der Waals surface area contributed by atoms with E-state index >= 15 is 0 Å². The number of hydrogen-bond acceptors (Lipinski definition) is 3. The lowest BCUT2D eigenvalue weighted by Gasteiger charge is -2.21. The predicted octanol–water partition coefficient (Wildman–Crippen LogP) is 2.54. The van der Waals surface area contributed by atoms with E-state index in [1.165, 1.54) is 0 Å². The fourth-order valence-electron chi connectivity index (χ4n) is 1.59. The van der Waals surface area contributed by atoms with Crippen LogP contribution in [0.15, 0.2) is 18.3 Å². The Morgan fingerprint density at radius 1 is 1.47 bits per heavy atom. The van der Waals surface area contributed by atoms with Crippen molar-refractivity contribution in [2.75, 3.05) is 13.6 Å². The van der Waals surface area contributed by atoms with Crippen LogP contribution in [0.25, 0.3) is 0 Å². The molecule has 0 aliphatic carbocycles. The number of aromatic nitrogens is 1. The average molecular weight is 256 g/mol. The lowest BCUT2D eigenvalue weighted by atomic mass is 10.0. The van der Waals surface area contributed by atoms with Gasteiger partial charge in [0.15, 0.2) is 0 Å². The second-order valence-corrected chi connectivity index (χ2v) is 5.34. The van der Waals surface area contributed by atoms with Gasteiger partial charge in [-0.2, -0.15) is 0 Å². The van der Waals surface area contributed by atoms with E-state index in [0.717, 1.165) is 30.2 Å². The lowest BCUT2D eigenvalue weighted by molar-refractivity contribution is 0.293. The Morgan fingerprint density at radius 3 is 2.76 bits per heavy atom. The summed E-state index contributed by atoms with van der Waals surface area (Å²) in [4.78, 5) is 6.51. The maximum absolute atomic E-state index is 6.02. The van der Waals surface area contributed by atoms with E-state index in [0.29, 0.717) is 5.92 Å². The lowest BCUT2D eigenvalue weighted by Crippen LogP contribution is -2.31. The number of halogens is 1. The molecule has 1 rings (SSSR count). The van der Waals surface area contributed by atoms with Crippen LogP contribution in [-0.2, 0) is 6.54 Å². The van der Waals surface area contributed by atoms with Gasteiger partial charge in [-0.1, -0.05) is 25.4 Å². The second-order valence-electron chi connectivity index (χ2n) is 4.90. The van der Waals surface area contributed by atoms with Crippen molar-refractivity contribution in [3.63, 3.8) is 0 Å². The molecule has 0 bridgehead atoms. The first-order valence-corrected chi connectivity index (χ1v) is 6.41. The zero-order chi connectivity index (χ0) is 12.8. The highest BCUT2D eigenvalue weighted by Gasteiger charge is 2.09. The Morgan fingerprint density at radius 2 is 2.18 bits per heavy atom. The van der Waals surface area contributed by atoms with Crippen molar-refractivity contribution in [2.24, 2.45) is 11.7 Å². The van der Waals surface area contributed by atoms with Gasteiger partial charge < -0.3 is 10.6 Å². The van der Waals surface area contributed by atoms with E-state index in [1.807, 2.05) is 6.07 Å². The van der Waals surface area contributed by atoms with Gasteiger partial charge in [-0.15, -0.1) is 0 Å². The van der Waals surface area contributed by atoms with Gasteiger partial charge >= 0.3 is 0 Å². The summed E-state index contributed by atoms with van der Waals surface area (Å²) < 4.78 is 0. The Kier molecular flexibility index (Phi) is 5.89. The van der Waals surface area contributed by atoms with Crippen LogP contribution in [0.2, 0.25) is 5.02 Å². The minimum atomic E-state index is 0.268. The second kappa shape index (κ2) is 6.94. The van der Waals surface area contributed by atoms with Crippen LogP contribution >= 0.6 is 11.6 Å². The molecule has 0 aliphatic heterocycles. The number of nitrogens with two attached hydrogens (primary N) is 1. The van der Waals surface area contributed by atoms with Gasteiger partial charge in [0, 0.05) is 23.8 Å². The number of hydrogen-bond donors (Lipinski definition) is 1. The summed E-state index contributed by atoms with van der Waals surface area (Å²) in [6.45, 7) is 6.10. The molecular formula is C13H22ClN3. The van der Waals surface area contributed by atoms with Crippen molar-refractivity contribution >= 4 is 11.6 Å². The van der Waals surface area contributed by atoms with Gasteiger partial charge in [0.2, 0.25) is 0 Å². The SMILES string of the molecule is CC(C)C(N)CCN(C)Cc1cc(Cl)ccn1.